The van der Waals surface area contributed by atoms with E-state index in [0.717, 1.165) is 17.0 Å². The van der Waals surface area contributed by atoms with E-state index in [0.29, 0.717) is 4.90 Å². The van der Waals surface area contributed by atoms with Crippen molar-refractivity contribution in [2.24, 2.45) is 0 Å². The summed E-state index contributed by atoms with van der Waals surface area (Å²) < 4.78 is 0. The van der Waals surface area contributed by atoms with Crippen molar-refractivity contribution in [1.29, 1.82) is 0 Å². The molecule has 0 amide bonds. The lowest BCUT2D eigenvalue weighted by molar-refractivity contribution is -0.918. The second-order valence-electron chi connectivity index (χ2n) is 6.46. The first-order chi connectivity index (χ1) is 11.6. The lowest BCUT2D eigenvalue weighted by atomic mass is 10.1. The lowest BCUT2D eigenvalue weighted by Crippen LogP contribution is -3.11. The molecule has 1 N–H and O–H groups in total. The maximum Gasteiger partial charge on any atom is 0.283 e. The zero-order chi connectivity index (χ0) is 16.9. The van der Waals surface area contributed by atoms with Gasteiger partial charge in [-0.05, 0) is 44.4 Å². The molecule has 0 unspecified atom stereocenters. The van der Waals surface area contributed by atoms with Crippen LogP contribution in [0.15, 0.2) is 52.3 Å². The van der Waals surface area contributed by atoms with Gasteiger partial charge in [0, 0.05) is 16.5 Å². The van der Waals surface area contributed by atoms with Crippen LogP contribution in [-0.2, 0) is 6.54 Å². The highest BCUT2D eigenvalue weighted by Gasteiger charge is 2.19. The first kappa shape index (κ1) is 17.0. The van der Waals surface area contributed by atoms with Gasteiger partial charge in [0.15, 0.2) is 0 Å². The van der Waals surface area contributed by atoms with Gasteiger partial charge in [-0.2, -0.15) is 0 Å². The van der Waals surface area contributed by atoms with Crippen LogP contribution in [0.2, 0.25) is 0 Å². The zero-order valence-corrected chi connectivity index (χ0v) is 14.8. The Kier molecular flexibility index (Phi) is 5.53. The molecule has 1 saturated heterocycles. The predicted octanol–water partition coefficient (Wildman–Crippen LogP) is 3.62. The second kappa shape index (κ2) is 7.81. The summed E-state index contributed by atoms with van der Waals surface area (Å²) in [5.41, 5.74) is 2.47. The van der Waals surface area contributed by atoms with E-state index in [1.165, 1.54) is 54.6 Å². The van der Waals surface area contributed by atoms with Crippen molar-refractivity contribution in [3.05, 3.63) is 63.7 Å². The summed E-state index contributed by atoms with van der Waals surface area (Å²) in [7, 11) is 0. The molecule has 4 nitrogen and oxygen atoms in total. The fourth-order valence-corrected chi connectivity index (χ4v) is 4.05. The highest BCUT2D eigenvalue weighted by Crippen LogP contribution is 2.35. The van der Waals surface area contributed by atoms with Crippen LogP contribution in [0.25, 0.3) is 0 Å². The number of piperidine rings is 1. The van der Waals surface area contributed by atoms with Crippen LogP contribution in [0, 0.1) is 17.0 Å². The monoisotopic (exact) mass is 343 g/mol. The number of hydrogen-bond acceptors (Lipinski definition) is 3. The van der Waals surface area contributed by atoms with Gasteiger partial charge in [0.1, 0.15) is 6.54 Å². The van der Waals surface area contributed by atoms with Crippen LogP contribution in [0.4, 0.5) is 5.69 Å². The van der Waals surface area contributed by atoms with Crippen molar-refractivity contribution in [2.75, 3.05) is 13.1 Å². The molecule has 3 rings (SSSR count). The van der Waals surface area contributed by atoms with Crippen LogP contribution in [0.3, 0.4) is 0 Å². The summed E-state index contributed by atoms with van der Waals surface area (Å²) in [6, 6.07) is 13.8. The van der Waals surface area contributed by atoms with Crippen molar-refractivity contribution in [3.8, 4) is 0 Å². The third-order valence-corrected chi connectivity index (χ3v) is 5.56. The lowest BCUT2D eigenvalue weighted by Gasteiger charge is -2.23. The molecular weight excluding hydrogens is 320 g/mol. The Morgan fingerprint density at radius 2 is 1.79 bits per heavy atom. The van der Waals surface area contributed by atoms with Crippen LogP contribution >= 0.6 is 11.8 Å². The molecule has 0 saturated carbocycles. The summed E-state index contributed by atoms with van der Waals surface area (Å²) in [6.45, 7) is 5.27. The van der Waals surface area contributed by atoms with E-state index in [2.05, 4.69) is 0 Å². The van der Waals surface area contributed by atoms with E-state index in [9.17, 15) is 10.1 Å². The van der Waals surface area contributed by atoms with E-state index >= 15 is 0 Å². The fraction of sp³-hybridized carbons (Fsp3) is 0.368. The van der Waals surface area contributed by atoms with E-state index in [1.807, 2.05) is 43.3 Å². The van der Waals surface area contributed by atoms with Gasteiger partial charge in [0.05, 0.1) is 22.9 Å². The van der Waals surface area contributed by atoms with E-state index in [1.54, 1.807) is 6.07 Å². The minimum Gasteiger partial charge on any atom is -0.331 e. The quantitative estimate of drug-likeness (QED) is 0.666. The van der Waals surface area contributed by atoms with Crippen molar-refractivity contribution in [1.82, 2.24) is 0 Å². The minimum atomic E-state index is -0.258. The number of nitrogens with zero attached hydrogens (tertiary/aromatic N) is 1. The number of rotatable bonds is 5. The summed E-state index contributed by atoms with van der Waals surface area (Å²) in [6.07, 6.45) is 3.84. The maximum atomic E-state index is 11.5. The first-order valence-corrected chi connectivity index (χ1v) is 9.29. The molecule has 0 aromatic heterocycles. The third-order valence-electron chi connectivity index (χ3n) is 4.48. The summed E-state index contributed by atoms with van der Waals surface area (Å²) in [5, 5.41) is 11.5. The van der Waals surface area contributed by atoms with Crippen molar-refractivity contribution in [2.45, 2.75) is 42.5 Å². The number of quaternary nitrogens is 1. The Morgan fingerprint density at radius 1 is 1.08 bits per heavy atom. The molecule has 0 spiro atoms. The number of aryl methyl sites for hydroxylation is 1. The molecule has 5 heteroatoms. The van der Waals surface area contributed by atoms with Gasteiger partial charge in [0.2, 0.25) is 0 Å². The fourth-order valence-electron chi connectivity index (χ4n) is 3.15. The number of likely N-dealkylation sites (tertiary alicyclic amines) is 1. The Balaban J connectivity index is 1.79. The van der Waals surface area contributed by atoms with Crippen LogP contribution < -0.4 is 4.90 Å². The molecule has 0 aliphatic carbocycles. The average molecular weight is 343 g/mol. The SMILES string of the molecule is Cc1ccc(Sc2ccc(C[NH+]3CCCCC3)cc2[N+](=O)[O-])cc1. The molecule has 0 bridgehead atoms. The Morgan fingerprint density at radius 3 is 2.46 bits per heavy atom. The van der Waals surface area contributed by atoms with Gasteiger partial charge in [-0.1, -0.05) is 35.5 Å². The van der Waals surface area contributed by atoms with Gasteiger partial charge in [0.25, 0.3) is 5.69 Å². The molecule has 0 radical (unpaired) electrons. The van der Waals surface area contributed by atoms with Crippen LogP contribution in [0.5, 0.6) is 0 Å². The largest absolute Gasteiger partial charge is 0.331 e. The molecule has 1 aliphatic rings. The second-order valence-corrected chi connectivity index (χ2v) is 7.58. The normalized spacial score (nSPS) is 15.4. The summed E-state index contributed by atoms with van der Waals surface area (Å²) in [4.78, 5) is 14.5. The summed E-state index contributed by atoms with van der Waals surface area (Å²) >= 11 is 1.46. The Hall–Kier alpha value is -1.85. The highest BCUT2D eigenvalue weighted by molar-refractivity contribution is 7.99. The molecule has 24 heavy (non-hydrogen) atoms. The molecule has 126 valence electrons. The van der Waals surface area contributed by atoms with Crippen molar-refractivity contribution in [3.63, 3.8) is 0 Å². The molecule has 2 aromatic carbocycles. The van der Waals surface area contributed by atoms with Gasteiger partial charge in [-0.3, -0.25) is 10.1 Å². The smallest absolute Gasteiger partial charge is 0.283 e. The van der Waals surface area contributed by atoms with Crippen LogP contribution in [0.1, 0.15) is 30.4 Å². The van der Waals surface area contributed by atoms with Crippen LogP contribution in [-0.4, -0.2) is 18.0 Å². The van der Waals surface area contributed by atoms with Gasteiger partial charge in [-0.25, -0.2) is 0 Å². The van der Waals surface area contributed by atoms with Gasteiger partial charge >= 0.3 is 0 Å². The molecule has 2 aromatic rings. The summed E-state index contributed by atoms with van der Waals surface area (Å²) in [5.74, 6) is 0. The molecule has 1 aliphatic heterocycles. The van der Waals surface area contributed by atoms with Gasteiger partial charge in [-0.15, -0.1) is 0 Å². The third kappa shape index (κ3) is 4.36. The number of nitro benzene ring substituents is 1. The molecule has 0 atom stereocenters. The molecular formula is C19H23N2O2S+. The Bertz CT molecular complexity index is 710. The standard InChI is InChI=1S/C19H22N2O2S/c1-15-5-8-17(9-6-15)24-19-10-7-16(13-18(19)21(22)23)14-20-11-3-2-4-12-20/h5-10,13H,2-4,11-12,14H2,1H3/p+1. The van der Waals surface area contributed by atoms with E-state index in [4.69, 9.17) is 0 Å². The predicted molar refractivity (Wildman–Crippen MR) is 96.7 cm³/mol. The van der Waals surface area contributed by atoms with Crippen molar-refractivity contribution >= 4 is 17.4 Å². The highest BCUT2D eigenvalue weighted by atomic mass is 32.2. The average Bonchev–Trinajstić information content (AvgIpc) is 2.59. The minimum absolute atomic E-state index is 0.217. The number of hydrogen-bond donors (Lipinski definition) is 1. The Labute approximate surface area is 147 Å². The van der Waals surface area contributed by atoms with E-state index < -0.39 is 0 Å². The molecule has 1 heterocycles. The number of nitrogens with one attached hydrogen (secondary N) is 1. The van der Waals surface area contributed by atoms with Gasteiger partial charge < -0.3 is 4.90 Å². The molecule has 1 fully saturated rings. The first-order valence-electron chi connectivity index (χ1n) is 8.47. The zero-order valence-electron chi connectivity index (χ0n) is 14.0. The maximum absolute atomic E-state index is 11.5. The number of benzene rings is 2. The van der Waals surface area contributed by atoms with Crippen molar-refractivity contribution < 1.29 is 9.82 Å². The topological polar surface area (TPSA) is 47.6 Å². The number of nitro groups is 1. The van der Waals surface area contributed by atoms with E-state index in [-0.39, 0.29) is 10.6 Å².